The Morgan fingerprint density at radius 2 is 1.62 bits per heavy atom. The molecule has 1 fully saturated rings. The predicted molar refractivity (Wildman–Crippen MR) is 151 cm³/mol. The normalized spacial score (nSPS) is 14.6. The number of imide groups is 2. The maximum atomic E-state index is 13.5. The van der Waals surface area contributed by atoms with Crippen molar-refractivity contribution < 1.29 is 23.9 Å². The van der Waals surface area contributed by atoms with Crippen molar-refractivity contribution in [2.24, 2.45) is 0 Å². The number of urea groups is 1. The average molecular weight is 521 g/mol. The molecule has 4 amide bonds. The van der Waals surface area contributed by atoms with E-state index in [9.17, 15) is 14.4 Å². The lowest BCUT2D eigenvalue weighted by molar-refractivity contribution is -0.122. The summed E-state index contributed by atoms with van der Waals surface area (Å²) < 4.78 is 11.7. The van der Waals surface area contributed by atoms with Crippen molar-refractivity contribution in [3.8, 4) is 11.5 Å². The molecule has 4 aromatic carbocycles. The number of aryl methyl sites for hydroxylation is 3. The minimum atomic E-state index is -0.789. The Labute approximate surface area is 226 Å². The molecule has 0 radical (unpaired) electrons. The van der Waals surface area contributed by atoms with Gasteiger partial charge in [0.1, 0.15) is 23.7 Å². The van der Waals surface area contributed by atoms with Crippen LogP contribution in [0.5, 0.6) is 11.5 Å². The summed E-state index contributed by atoms with van der Waals surface area (Å²) >= 11 is 0. The molecule has 0 bridgehead atoms. The second kappa shape index (κ2) is 10.5. The molecular formula is C32H28N2O5. The zero-order valence-electron chi connectivity index (χ0n) is 22.2. The monoisotopic (exact) mass is 520 g/mol. The number of nitrogens with zero attached hydrogens (tertiary/aromatic N) is 1. The van der Waals surface area contributed by atoms with Crippen molar-refractivity contribution >= 4 is 40.4 Å². The van der Waals surface area contributed by atoms with Gasteiger partial charge in [0.2, 0.25) is 0 Å². The summed E-state index contributed by atoms with van der Waals surface area (Å²) in [6, 6.07) is 21.8. The number of ether oxygens (including phenoxy) is 2. The predicted octanol–water partition coefficient (Wildman–Crippen LogP) is 6.02. The number of hydrogen-bond donors (Lipinski definition) is 1. The van der Waals surface area contributed by atoms with E-state index in [-0.39, 0.29) is 12.2 Å². The molecule has 0 unspecified atom stereocenters. The fraction of sp³-hybridized carbons (Fsp3) is 0.156. The third-order valence-corrected chi connectivity index (χ3v) is 7.02. The second-order valence-corrected chi connectivity index (χ2v) is 9.50. The number of nitrogens with one attached hydrogen (secondary N) is 1. The highest BCUT2D eigenvalue weighted by atomic mass is 16.5. The van der Waals surface area contributed by atoms with E-state index in [0.29, 0.717) is 22.7 Å². The van der Waals surface area contributed by atoms with E-state index in [0.717, 1.165) is 37.9 Å². The highest BCUT2D eigenvalue weighted by Gasteiger charge is 2.37. The van der Waals surface area contributed by atoms with Gasteiger partial charge in [0, 0.05) is 17.2 Å². The van der Waals surface area contributed by atoms with Crippen molar-refractivity contribution in [2.75, 3.05) is 12.0 Å². The van der Waals surface area contributed by atoms with Crippen molar-refractivity contribution in [3.05, 3.63) is 106 Å². The zero-order valence-corrected chi connectivity index (χ0v) is 22.2. The van der Waals surface area contributed by atoms with E-state index < -0.39 is 17.8 Å². The van der Waals surface area contributed by atoms with Crippen LogP contribution in [0.1, 0.15) is 27.8 Å². The molecule has 0 aromatic heterocycles. The molecule has 1 N–H and O–H groups in total. The second-order valence-electron chi connectivity index (χ2n) is 9.50. The summed E-state index contributed by atoms with van der Waals surface area (Å²) in [4.78, 5) is 39.9. The number of hydrogen-bond acceptors (Lipinski definition) is 5. The van der Waals surface area contributed by atoms with Crippen LogP contribution in [0.25, 0.3) is 16.8 Å². The van der Waals surface area contributed by atoms with Gasteiger partial charge in [-0.05, 0) is 78.6 Å². The highest BCUT2D eigenvalue weighted by Crippen LogP contribution is 2.31. The topological polar surface area (TPSA) is 84.9 Å². The van der Waals surface area contributed by atoms with Crippen molar-refractivity contribution in [1.29, 1.82) is 0 Å². The first-order valence-electron chi connectivity index (χ1n) is 12.5. The lowest BCUT2D eigenvalue weighted by atomic mass is 10.0. The van der Waals surface area contributed by atoms with Crippen LogP contribution in [0.2, 0.25) is 0 Å². The van der Waals surface area contributed by atoms with Crippen LogP contribution < -0.4 is 19.7 Å². The summed E-state index contributed by atoms with van der Waals surface area (Å²) in [5.41, 5.74) is 4.78. The van der Waals surface area contributed by atoms with Gasteiger partial charge in [-0.1, -0.05) is 42.5 Å². The van der Waals surface area contributed by atoms with E-state index >= 15 is 0 Å². The van der Waals surface area contributed by atoms with E-state index in [2.05, 4.69) is 29.6 Å². The molecule has 0 spiro atoms. The molecule has 1 aliphatic rings. The first kappa shape index (κ1) is 25.7. The van der Waals surface area contributed by atoms with Crippen LogP contribution in [-0.2, 0) is 16.2 Å². The first-order valence-corrected chi connectivity index (χ1v) is 12.5. The Morgan fingerprint density at radius 1 is 0.846 bits per heavy atom. The number of anilines is 1. The standard InChI is InChI=1S/C32H28N2O5/c1-19-10-13-24(15-21(19)3)34-31(36)27(30(35)33-32(34)37)16-23-12-14-25(38-4)17-29(23)39-18-28-20(2)9-11-22-7-5-6-8-26(22)28/h5-17H,18H2,1-4H3,(H,33,35,37)/b27-16+. The molecule has 0 saturated carbocycles. The maximum absolute atomic E-state index is 13.5. The fourth-order valence-corrected chi connectivity index (χ4v) is 4.58. The summed E-state index contributed by atoms with van der Waals surface area (Å²) in [5, 5.41) is 4.48. The number of methoxy groups -OCH3 is 1. The lowest BCUT2D eigenvalue weighted by Gasteiger charge is -2.27. The summed E-state index contributed by atoms with van der Waals surface area (Å²) in [5.74, 6) is -0.479. The number of fused-ring (bicyclic) bond motifs is 1. The Hall–Kier alpha value is -4.91. The van der Waals surface area contributed by atoms with Crippen molar-refractivity contribution in [2.45, 2.75) is 27.4 Å². The quantitative estimate of drug-likeness (QED) is 0.248. The smallest absolute Gasteiger partial charge is 0.335 e. The molecule has 5 rings (SSSR count). The van der Waals surface area contributed by atoms with Crippen LogP contribution >= 0.6 is 0 Å². The molecule has 0 atom stereocenters. The van der Waals surface area contributed by atoms with Crippen molar-refractivity contribution in [3.63, 3.8) is 0 Å². The molecule has 1 saturated heterocycles. The molecule has 1 heterocycles. The molecule has 7 heteroatoms. The third-order valence-electron chi connectivity index (χ3n) is 7.02. The third kappa shape index (κ3) is 4.99. The maximum Gasteiger partial charge on any atom is 0.335 e. The molecular weight excluding hydrogens is 492 g/mol. The van der Waals surface area contributed by atoms with Gasteiger partial charge in [0.05, 0.1) is 12.8 Å². The van der Waals surface area contributed by atoms with Crippen molar-refractivity contribution in [1.82, 2.24) is 5.32 Å². The van der Waals surface area contributed by atoms with Crippen LogP contribution in [0.4, 0.5) is 10.5 Å². The van der Waals surface area contributed by atoms with Gasteiger partial charge in [0.15, 0.2) is 0 Å². The van der Waals surface area contributed by atoms with Crippen LogP contribution in [0.15, 0.2) is 78.4 Å². The lowest BCUT2D eigenvalue weighted by Crippen LogP contribution is -2.54. The molecule has 4 aromatic rings. The van der Waals surface area contributed by atoms with Gasteiger partial charge >= 0.3 is 6.03 Å². The summed E-state index contributed by atoms with van der Waals surface area (Å²) in [6.45, 7) is 6.13. The number of carbonyl (C=O) groups excluding carboxylic acids is 3. The minimum Gasteiger partial charge on any atom is -0.497 e. The van der Waals surface area contributed by atoms with Gasteiger partial charge in [-0.3, -0.25) is 14.9 Å². The number of carbonyl (C=O) groups is 3. The van der Waals surface area contributed by atoms with E-state index in [1.54, 1.807) is 37.4 Å². The highest BCUT2D eigenvalue weighted by molar-refractivity contribution is 6.39. The Morgan fingerprint density at radius 3 is 2.38 bits per heavy atom. The molecule has 0 aliphatic carbocycles. The fourth-order valence-electron chi connectivity index (χ4n) is 4.58. The Bertz CT molecular complexity index is 1670. The number of amides is 4. The van der Waals surface area contributed by atoms with Gasteiger partial charge in [-0.15, -0.1) is 0 Å². The summed E-state index contributed by atoms with van der Waals surface area (Å²) in [7, 11) is 1.55. The Kier molecular flexibility index (Phi) is 6.90. The number of barbiturate groups is 1. The van der Waals surface area contributed by atoms with Crippen LogP contribution in [-0.4, -0.2) is 25.0 Å². The first-order chi connectivity index (χ1) is 18.8. The SMILES string of the molecule is COc1ccc(/C=C2\C(=O)NC(=O)N(c3ccc(C)c(C)c3)C2=O)c(OCc2c(C)ccc3ccccc23)c1. The molecule has 39 heavy (non-hydrogen) atoms. The average Bonchev–Trinajstić information content (AvgIpc) is 2.92. The van der Waals surface area contributed by atoms with E-state index in [1.165, 1.54) is 6.08 Å². The Balaban J connectivity index is 1.52. The van der Waals surface area contributed by atoms with Crippen LogP contribution in [0, 0.1) is 20.8 Å². The van der Waals surface area contributed by atoms with Gasteiger partial charge in [-0.2, -0.15) is 0 Å². The largest absolute Gasteiger partial charge is 0.497 e. The molecule has 1 aliphatic heterocycles. The molecule has 196 valence electrons. The van der Waals surface area contributed by atoms with Gasteiger partial charge in [-0.25, -0.2) is 9.69 Å². The van der Waals surface area contributed by atoms with Gasteiger partial charge in [0.25, 0.3) is 11.8 Å². The molecule has 7 nitrogen and oxygen atoms in total. The number of rotatable bonds is 6. The van der Waals surface area contributed by atoms with E-state index in [4.69, 9.17) is 9.47 Å². The minimum absolute atomic E-state index is 0.177. The zero-order chi connectivity index (χ0) is 27.7. The van der Waals surface area contributed by atoms with Gasteiger partial charge < -0.3 is 9.47 Å². The van der Waals surface area contributed by atoms with E-state index in [1.807, 2.05) is 39.0 Å². The number of benzene rings is 4. The van der Waals surface area contributed by atoms with Crippen LogP contribution in [0.3, 0.4) is 0 Å². The summed E-state index contributed by atoms with van der Waals surface area (Å²) in [6.07, 6.45) is 1.45.